The first-order chi connectivity index (χ1) is 16.8. The number of hydrogen-bond acceptors (Lipinski definition) is 8. The predicted octanol–water partition coefficient (Wildman–Crippen LogP) is 4.27. The zero-order valence-corrected chi connectivity index (χ0v) is 17.8. The van der Waals surface area contributed by atoms with E-state index in [2.05, 4.69) is 0 Å². The van der Waals surface area contributed by atoms with Gasteiger partial charge < -0.3 is 14.6 Å². The Morgan fingerprint density at radius 3 is 2.11 bits per heavy atom. The molecule has 1 atom stereocenters. The number of ketones is 2. The fourth-order valence-electron chi connectivity index (χ4n) is 4.32. The second kappa shape index (κ2) is 8.07. The Morgan fingerprint density at radius 1 is 0.800 bits per heavy atom. The van der Waals surface area contributed by atoms with Crippen molar-refractivity contribution in [2.75, 3.05) is 0 Å². The number of aromatic hydroxyl groups is 1. The van der Waals surface area contributed by atoms with Crippen molar-refractivity contribution in [1.82, 2.24) is 0 Å². The number of non-ortho nitro benzene ring substituents is 1. The number of nitro benzene ring substituents is 1. The molecule has 1 aliphatic rings. The highest BCUT2D eigenvalue weighted by Crippen LogP contribution is 2.43. The first kappa shape index (κ1) is 21.8. The van der Waals surface area contributed by atoms with E-state index in [1.807, 2.05) is 0 Å². The fraction of sp³-hybridized carbons (Fsp3) is 0.0385. The molecular weight excluding hydrogens is 454 g/mol. The first-order valence-corrected chi connectivity index (χ1v) is 10.4. The van der Waals surface area contributed by atoms with Crippen LogP contribution in [0.4, 0.5) is 5.69 Å². The summed E-state index contributed by atoms with van der Waals surface area (Å²) in [6.07, 6.45) is 0. The fourth-order valence-corrected chi connectivity index (χ4v) is 4.32. The number of aliphatic hydroxyl groups is 1. The number of nitrogens with zero attached hydrogens (tertiary/aromatic N) is 1. The van der Waals surface area contributed by atoms with Crippen molar-refractivity contribution in [3.8, 4) is 5.75 Å². The summed E-state index contributed by atoms with van der Waals surface area (Å²) < 4.78 is 5.37. The van der Waals surface area contributed by atoms with Crippen molar-refractivity contribution >= 4 is 34.0 Å². The number of nitro groups is 1. The summed E-state index contributed by atoms with van der Waals surface area (Å²) in [5, 5.41) is 33.5. The minimum Gasteiger partial charge on any atom is -0.507 e. The average Bonchev–Trinajstić information content (AvgIpc) is 2.86. The summed E-state index contributed by atoms with van der Waals surface area (Å²) in [4.78, 5) is 49.8. The third-order valence-corrected chi connectivity index (χ3v) is 5.97. The average molecular weight is 469 g/mol. The van der Waals surface area contributed by atoms with Crippen LogP contribution in [0.15, 0.2) is 87.6 Å². The quantitative estimate of drug-likeness (QED) is 0.195. The van der Waals surface area contributed by atoms with E-state index in [0.29, 0.717) is 0 Å². The van der Waals surface area contributed by atoms with Gasteiger partial charge in [0.1, 0.15) is 17.1 Å². The third kappa shape index (κ3) is 3.37. The Hall–Kier alpha value is -5.05. The zero-order valence-electron chi connectivity index (χ0n) is 17.8. The van der Waals surface area contributed by atoms with Gasteiger partial charge in [0, 0.05) is 23.3 Å². The molecule has 1 aliphatic carbocycles. The maximum Gasteiger partial charge on any atom is 0.344 e. The number of carbonyl (C=O) groups excluding carboxylic acids is 2. The lowest BCUT2D eigenvalue weighted by Crippen LogP contribution is -2.29. The van der Waals surface area contributed by atoms with Crippen LogP contribution < -0.4 is 5.63 Å². The van der Waals surface area contributed by atoms with Gasteiger partial charge in [0.05, 0.1) is 27.4 Å². The molecule has 5 rings (SSSR count). The third-order valence-electron chi connectivity index (χ3n) is 5.97. The van der Waals surface area contributed by atoms with Crippen molar-refractivity contribution in [3.63, 3.8) is 0 Å². The van der Waals surface area contributed by atoms with E-state index >= 15 is 0 Å². The summed E-state index contributed by atoms with van der Waals surface area (Å²) in [6.45, 7) is 0. The summed E-state index contributed by atoms with van der Waals surface area (Å²) in [5.74, 6) is -4.47. The minimum absolute atomic E-state index is 0.00373. The van der Waals surface area contributed by atoms with Crippen LogP contribution >= 0.6 is 0 Å². The molecule has 1 heterocycles. The van der Waals surface area contributed by atoms with Crippen LogP contribution in [0.5, 0.6) is 5.75 Å². The van der Waals surface area contributed by atoms with Crippen LogP contribution in [-0.2, 0) is 4.79 Å². The van der Waals surface area contributed by atoms with E-state index in [9.17, 15) is 34.7 Å². The monoisotopic (exact) mass is 469 g/mol. The van der Waals surface area contributed by atoms with Crippen LogP contribution in [-0.4, -0.2) is 26.7 Å². The molecule has 2 N–H and O–H groups in total. The molecule has 35 heavy (non-hydrogen) atoms. The predicted molar refractivity (Wildman–Crippen MR) is 124 cm³/mol. The van der Waals surface area contributed by atoms with Crippen LogP contribution in [0, 0.1) is 10.1 Å². The molecule has 9 nitrogen and oxygen atoms in total. The van der Waals surface area contributed by atoms with Crippen LogP contribution in [0.2, 0.25) is 0 Å². The number of fused-ring (bicyclic) bond motifs is 2. The van der Waals surface area contributed by atoms with Crippen molar-refractivity contribution in [2.45, 2.75) is 5.92 Å². The van der Waals surface area contributed by atoms with Gasteiger partial charge in [-0.15, -0.1) is 0 Å². The number of para-hydroxylation sites is 1. The van der Waals surface area contributed by atoms with Gasteiger partial charge in [-0.1, -0.05) is 48.5 Å². The smallest absolute Gasteiger partial charge is 0.344 e. The van der Waals surface area contributed by atoms with E-state index in [-0.39, 0.29) is 38.9 Å². The van der Waals surface area contributed by atoms with Crippen LogP contribution in [0.3, 0.4) is 0 Å². The van der Waals surface area contributed by atoms with Crippen molar-refractivity contribution in [3.05, 3.63) is 121 Å². The SMILES string of the molecule is O=C1C(=O)c2ccccc2C(O)=C1C(c1ccc([N+](=O)[O-])cc1)c1c(O)c2ccccc2oc1=O. The molecule has 0 amide bonds. The summed E-state index contributed by atoms with van der Waals surface area (Å²) in [5.41, 5.74) is -1.76. The van der Waals surface area contributed by atoms with Gasteiger partial charge in [0.15, 0.2) is 0 Å². The Labute approximate surface area is 196 Å². The largest absolute Gasteiger partial charge is 0.507 e. The van der Waals surface area contributed by atoms with Gasteiger partial charge in [-0.25, -0.2) is 4.79 Å². The molecule has 0 radical (unpaired) electrons. The number of allylic oxidation sites excluding steroid dienone is 1. The molecular formula is C26H15NO8. The highest BCUT2D eigenvalue weighted by atomic mass is 16.6. The number of hydrogen-bond donors (Lipinski definition) is 2. The second-order valence-corrected chi connectivity index (χ2v) is 7.90. The number of rotatable bonds is 4. The standard InChI is InChI=1S/C26H15NO8/c28-22-15-5-1-2-6-16(15)24(30)25(31)20(22)19(13-9-11-14(12-10-13)27(33)34)21-23(29)17-7-3-4-8-18(17)35-26(21)32/h1-12,19,28-29H. The van der Waals surface area contributed by atoms with Gasteiger partial charge in [-0.2, -0.15) is 0 Å². The highest BCUT2D eigenvalue weighted by Gasteiger charge is 2.40. The Balaban J connectivity index is 1.86. The normalized spacial score (nSPS) is 14.2. The molecule has 172 valence electrons. The molecule has 0 saturated carbocycles. The summed E-state index contributed by atoms with van der Waals surface area (Å²) >= 11 is 0. The van der Waals surface area contributed by atoms with Crippen LogP contribution in [0.25, 0.3) is 16.7 Å². The number of Topliss-reactive ketones (excluding diaryl/α,β-unsaturated/α-hetero) is 2. The van der Waals surface area contributed by atoms with E-state index in [1.165, 1.54) is 36.4 Å². The molecule has 1 aromatic heterocycles. The summed E-state index contributed by atoms with van der Waals surface area (Å²) in [6, 6.07) is 17.0. The Morgan fingerprint density at radius 2 is 1.43 bits per heavy atom. The topological polar surface area (TPSA) is 148 Å². The molecule has 0 bridgehead atoms. The number of benzene rings is 3. The zero-order chi connectivity index (χ0) is 24.9. The number of carbonyl (C=O) groups is 2. The van der Waals surface area contributed by atoms with Crippen molar-refractivity contribution in [1.29, 1.82) is 0 Å². The van der Waals surface area contributed by atoms with Gasteiger partial charge in [-0.3, -0.25) is 19.7 Å². The molecule has 4 aromatic rings. The lowest BCUT2D eigenvalue weighted by Gasteiger charge is -2.25. The van der Waals surface area contributed by atoms with Gasteiger partial charge >= 0.3 is 5.63 Å². The van der Waals surface area contributed by atoms with Gasteiger partial charge in [0.25, 0.3) is 5.69 Å². The lowest BCUT2D eigenvalue weighted by atomic mass is 9.76. The summed E-state index contributed by atoms with van der Waals surface area (Å²) in [7, 11) is 0. The Kier molecular flexibility index (Phi) is 5.02. The van der Waals surface area contributed by atoms with Crippen LogP contribution in [0.1, 0.15) is 33.0 Å². The molecule has 1 unspecified atom stereocenters. The van der Waals surface area contributed by atoms with E-state index in [4.69, 9.17) is 4.42 Å². The maximum atomic E-state index is 13.3. The van der Waals surface area contributed by atoms with Crippen molar-refractivity contribution < 1.29 is 29.1 Å². The lowest BCUT2D eigenvalue weighted by molar-refractivity contribution is -0.384. The Bertz CT molecular complexity index is 1650. The first-order valence-electron chi connectivity index (χ1n) is 10.4. The maximum absolute atomic E-state index is 13.3. The van der Waals surface area contributed by atoms with E-state index < -0.39 is 45.1 Å². The number of aliphatic hydroxyl groups excluding tert-OH is 1. The molecule has 0 saturated heterocycles. The molecule has 0 fully saturated rings. The molecule has 3 aromatic carbocycles. The molecule has 0 aliphatic heterocycles. The van der Waals surface area contributed by atoms with Crippen molar-refractivity contribution in [2.24, 2.45) is 0 Å². The highest BCUT2D eigenvalue weighted by molar-refractivity contribution is 6.52. The van der Waals surface area contributed by atoms with Gasteiger partial charge in [0.2, 0.25) is 11.6 Å². The minimum atomic E-state index is -1.46. The van der Waals surface area contributed by atoms with E-state index in [0.717, 1.165) is 12.1 Å². The second-order valence-electron chi connectivity index (χ2n) is 7.90. The van der Waals surface area contributed by atoms with E-state index in [1.54, 1.807) is 24.3 Å². The molecule has 9 heteroatoms. The van der Waals surface area contributed by atoms with Gasteiger partial charge in [-0.05, 0) is 17.7 Å². The molecule has 0 spiro atoms.